The van der Waals surface area contributed by atoms with E-state index in [2.05, 4.69) is 5.32 Å². The molecule has 0 bridgehead atoms. The molecule has 90 valence electrons. The third-order valence-electron chi connectivity index (χ3n) is 2.04. The van der Waals surface area contributed by atoms with Gasteiger partial charge in [-0.2, -0.15) is 0 Å². The summed E-state index contributed by atoms with van der Waals surface area (Å²) in [5.41, 5.74) is -0.153. The average molecular weight is 217 g/mol. The van der Waals surface area contributed by atoms with Crippen molar-refractivity contribution in [2.45, 2.75) is 33.7 Å². The van der Waals surface area contributed by atoms with Gasteiger partial charge in [0.05, 0.1) is 13.2 Å². The Morgan fingerprint density at radius 1 is 1.40 bits per heavy atom. The number of carbonyl (C=O) groups is 1. The minimum Gasteiger partial charge on any atom is -0.465 e. The van der Waals surface area contributed by atoms with Crippen LogP contribution in [0.4, 0.5) is 0 Å². The van der Waals surface area contributed by atoms with Crippen LogP contribution in [0.25, 0.3) is 0 Å². The molecule has 0 aromatic rings. The molecule has 0 fully saturated rings. The summed E-state index contributed by atoms with van der Waals surface area (Å²) in [4.78, 5) is 11.7. The Balaban J connectivity index is 4.25. The predicted molar refractivity (Wildman–Crippen MR) is 59.8 cm³/mol. The highest BCUT2D eigenvalue weighted by Gasteiger charge is 2.31. The lowest BCUT2D eigenvalue weighted by Crippen LogP contribution is -2.48. The van der Waals surface area contributed by atoms with Gasteiger partial charge in [-0.15, -0.1) is 0 Å². The van der Waals surface area contributed by atoms with E-state index in [0.717, 1.165) is 0 Å². The number of esters is 1. The first-order chi connectivity index (χ1) is 6.93. The number of nitrogens with one attached hydrogen (secondary N) is 1. The minimum atomic E-state index is -0.285. The fourth-order valence-electron chi connectivity index (χ4n) is 1.27. The van der Waals surface area contributed by atoms with Gasteiger partial charge in [-0.3, -0.25) is 4.79 Å². The molecule has 4 nitrogen and oxygen atoms in total. The van der Waals surface area contributed by atoms with E-state index in [-0.39, 0.29) is 17.4 Å². The zero-order valence-corrected chi connectivity index (χ0v) is 10.4. The number of methoxy groups -OCH3 is 1. The summed E-state index contributed by atoms with van der Waals surface area (Å²) < 4.78 is 9.95. The number of carbonyl (C=O) groups excluding carboxylic acids is 1. The molecule has 0 rings (SSSR count). The highest BCUT2D eigenvalue weighted by Crippen LogP contribution is 2.20. The van der Waals surface area contributed by atoms with Gasteiger partial charge < -0.3 is 14.8 Å². The summed E-state index contributed by atoms with van der Waals surface area (Å²) in [6.07, 6.45) is 0. The molecule has 0 amide bonds. The van der Waals surface area contributed by atoms with Crippen LogP contribution in [0.3, 0.4) is 0 Å². The van der Waals surface area contributed by atoms with Crippen LogP contribution in [0.15, 0.2) is 0 Å². The first kappa shape index (κ1) is 14.4. The molecule has 1 atom stereocenters. The monoisotopic (exact) mass is 217 g/mol. The fraction of sp³-hybridized carbons (Fsp3) is 0.909. The van der Waals surface area contributed by atoms with Gasteiger partial charge in [-0.05, 0) is 12.3 Å². The van der Waals surface area contributed by atoms with Crippen LogP contribution >= 0.6 is 0 Å². The number of hydrogen-bond donors (Lipinski definition) is 1. The first-order valence-electron chi connectivity index (χ1n) is 5.32. The standard InChI is InChI=1S/C11H23NO3/c1-6-15-10(13)9(11(2,3)4)12-7-8-14-5/h9,12H,6-8H2,1-5H3. The van der Waals surface area contributed by atoms with E-state index in [4.69, 9.17) is 9.47 Å². The Hall–Kier alpha value is -0.610. The lowest BCUT2D eigenvalue weighted by Gasteiger charge is -2.29. The number of ether oxygens (including phenoxy) is 2. The highest BCUT2D eigenvalue weighted by molar-refractivity contribution is 5.76. The van der Waals surface area contributed by atoms with E-state index in [0.29, 0.717) is 19.8 Å². The molecular weight excluding hydrogens is 194 g/mol. The van der Waals surface area contributed by atoms with Crippen LogP contribution in [0.5, 0.6) is 0 Å². The van der Waals surface area contributed by atoms with Crippen molar-refractivity contribution in [3.63, 3.8) is 0 Å². The normalized spacial score (nSPS) is 13.7. The van der Waals surface area contributed by atoms with E-state index >= 15 is 0 Å². The first-order valence-corrected chi connectivity index (χ1v) is 5.32. The van der Waals surface area contributed by atoms with Crippen LogP contribution < -0.4 is 5.32 Å². The second-order valence-corrected chi connectivity index (χ2v) is 4.50. The van der Waals surface area contributed by atoms with Gasteiger partial charge in [0.15, 0.2) is 0 Å². The second-order valence-electron chi connectivity index (χ2n) is 4.50. The molecule has 1 N–H and O–H groups in total. The van der Waals surface area contributed by atoms with E-state index in [1.807, 2.05) is 27.7 Å². The van der Waals surface area contributed by atoms with Gasteiger partial charge in [0, 0.05) is 13.7 Å². The predicted octanol–water partition coefficient (Wildman–Crippen LogP) is 1.20. The zero-order valence-electron chi connectivity index (χ0n) is 10.4. The topological polar surface area (TPSA) is 47.6 Å². The summed E-state index contributed by atoms with van der Waals surface area (Å²) in [6.45, 7) is 9.49. The van der Waals surface area contributed by atoms with Gasteiger partial charge in [-0.1, -0.05) is 20.8 Å². The van der Waals surface area contributed by atoms with Gasteiger partial charge in [0.25, 0.3) is 0 Å². The largest absolute Gasteiger partial charge is 0.465 e. The molecule has 0 aromatic heterocycles. The van der Waals surface area contributed by atoms with E-state index in [1.54, 1.807) is 7.11 Å². The Morgan fingerprint density at radius 2 is 2.00 bits per heavy atom. The highest BCUT2D eigenvalue weighted by atomic mass is 16.5. The molecule has 0 heterocycles. The minimum absolute atomic E-state index is 0.153. The molecule has 0 spiro atoms. The molecule has 15 heavy (non-hydrogen) atoms. The van der Waals surface area contributed by atoms with Crippen LogP contribution in [-0.4, -0.2) is 38.9 Å². The molecule has 0 saturated carbocycles. The van der Waals surface area contributed by atoms with Crippen LogP contribution in [0.2, 0.25) is 0 Å². The lowest BCUT2D eigenvalue weighted by atomic mass is 9.87. The molecule has 1 unspecified atom stereocenters. The number of hydrogen-bond acceptors (Lipinski definition) is 4. The molecule has 0 radical (unpaired) electrons. The maximum Gasteiger partial charge on any atom is 0.323 e. The van der Waals surface area contributed by atoms with Gasteiger partial charge in [-0.25, -0.2) is 0 Å². The zero-order chi connectivity index (χ0) is 11.9. The Labute approximate surface area is 92.3 Å². The Morgan fingerprint density at radius 3 is 2.40 bits per heavy atom. The van der Waals surface area contributed by atoms with Crippen molar-refractivity contribution >= 4 is 5.97 Å². The maximum atomic E-state index is 11.7. The summed E-state index contributed by atoms with van der Waals surface area (Å²) in [6, 6.07) is -0.285. The Bertz CT molecular complexity index is 187. The molecule has 0 aliphatic carbocycles. The van der Waals surface area contributed by atoms with Crippen molar-refractivity contribution in [3.8, 4) is 0 Å². The molecule has 0 saturated heterocycles. The fourth-order valence-corrected chi connectivity index (χ4v) is 1.27. The summed E-state index contributed by atoms with van der Waals surface area (Å²) >= 11 is 0. The van der Waals surface area contributed by atoms with Crippen LogP contribution in [0, 0.1) is 5.41 Å². The van der Waals surface area contributed by atoms with Crippen molar-refractivity contribution in [2.75, 3.05) is 26.9 Å². The summed E-state index contributed by atoms with van der Waals surface area (Å²) in [7, 11) is 1.64. The second kappa shape index (κ2) is 6.80. The van der Waals surface area contributed by atoms with Crippen molar-refractivity contribution < 1.29 is 14.3 Å². The smallest absolute Gasteiger partial charge is 0.323 e. The lowest BCUT2D eigenvalue weighted by molar-refractivity contribution is -0.148. The van der Waals surface area contributed by atoms with E-state index in [1.165, 1.54) is 0 Å². The van der Waals surface area contributed by atoms with Crippen molar-refractivity contribution in [1.29, 1.82) is 0 Å². The van der Waals surface area contributed by atoms with Crippen LogP contribution in [-0.2, 0) is 14.3 Å². The van der Waals surface area contributed by atoms with Gasteiger partial charge >= 0.3 is 5.97 Å². The van der Waals surface area contributed by atoms with Crippen molar-refractivity contribution in [1.82, 2.24) is 5.32 Å². The van der Waals surface area contributed by atoms with Crippen molar-refractivity contribution in [2.24, 2.45) is 5.41 Å². The summed E-state index contributed by atoms with van der Waals surface area (Å²) in [5, 5.41) is 3.15. The SMILES string of the molecule is CCOC(=O)C(NCCOC)C(C)(C)C. The molecule has 0 aliphatic rings. The number of rotatable bonds is 6. The quantitative estimate of drug-likeness (QED) is 0.536. The van der Waals surface area contributed by atoms with E-state index in [9.17, 15) is 4.79 Å². The maximum absolute atomic E-state index is 11.7. The average Bonchev–Trinajstić information content (AvgIpc) is 2.10. The third-order valence-corrected chi connectivity index (χ3v) is 2.04. The van der Waals surface area contributed by atoms with Crippen LogP contribution in [0.1, 0.15) is 27.7 Å². The molecule has 4 heteroatoms. The Kier molecular flexibility index (Phi) is 6.52. The van der Waals surface area contributed by atoms with E-state index < -0.39 is 0 Å². The van der Waals surface area contributed by atoms with Gasteiger partial charge in [0.2, 0.25) is 0 Å². The van der Waals surface area contributed by atoms with Crippen molar-refractivity contribution in [3.05, 3.63) is 0 Å². The molecular formula is C11H23NO3. The third kappa shape index (κ3) is 5.74. The molecule has 0 aliphatic heterocycles. The van der Waals surface area contributed by atoms with Gasteiger partial charge in [0.1, 0.15) is 6.04 Å². The molecule has 0 aromatic carbocycles. The summed E-state index contributed by atoms with van der Waals surface area (Å²) in [5.74, 6) is -0.193.